The Balaban J connectivity index is 1.24. The van der Waals surface area contributed by atoms with E-state index in [-0.39, 0.29) is 11.9 Å². The third-order valence-electron chi connectivity index (χ3n) is 7.93. The molecule has 220 valence electrons. The van der Waals surface area contributed by atoms with Crippen molar-refractivity contribution in [3.8, 4) is 0 Å². The molecule has 0 bridgehead atoms. The summed E-state index contributed by atoms with van der Waals surface area (Å²) in [6.07, 6.45) is 5.49. The molecule has 1 unspecified atom stereocenters. The van der Waals surface area contributed by atoms with Gasteiger partial charge >= 0.3 is 0 Å². The topological polar surface area (TPSA) is 61.4 Å². The number of nitrogens with zero attached hydrogens (tertiary/aromatic N) is 4. The number of halogens is 1. The molecule has 4 rings (SSSR count). The summed E-state index contributed by atoms with van der Waals surface area (Å²) in [4.78, 5) is 26.8. The Morgan fingerprint density at radius 1 is 1.05 bits per heavy atom. The number of carbonyl (C=O) groups excluding carboxylic acids is 1. The van der Waals surface area contributed by atoms with Crippen molar-refractivity contribution in [3.63, 3.8) is 0 Å². The maximum absolute atomic E-state index is 12.7. The number of piperidine rings is 1. The third kappa shape index (κ3) is 10.0. The largest absolute Gasteiger partial charge is 0.356 e. The van der Waals surface area contributed by atoms with Gasteiger partial charge in [0.05, 0.1) is 0 Å². The van der Waals surface area contributed by atoms with Gasteiger partial charge in [-0.3, -0.25) is 4.79 Å². The highest BCUT2D eigenvalue weighted by Crippen LogP contribution is 2.28. The quantitative estimate of drug-likeness (QED) is 0.122. The Kier molecular flexibility index (Phi) is 12.3. The SMILES string of the molecule is CCN(CC)CCCC(C)NC(=O)c1ccc(CSc2nc(Cl)cc(N3CCC(Cc4ccccc4)CC3)n2)cc1. The number of hydrogen-bond acceptors (Lipinski definition) is 6. The molecule has 0 aliphatic carbocycles. The Morgan fingerprint density at radius 2 is 1.76 bits per heavy atom. The lowest BCUT2D eigenvalue weighted by Gasteiger charge is -2.33. The number of rotatable bonds is 14. The number of amides is 1. The molecule has 8 heteroatoms. The molecule has 1 fully saturated rings. The van der Waals surface area contributed by atoms with Crippen LogP contribution in [0.4, 0.5) is 5.82 Å². The second-order valence-corrected chi connectivity index (χ2v) is 12.3. The molecule has 1 aromatic heterocycles. The highest BCUT2D eigenvalue weighted by atomic mass is 35.5. The van der Waals surface area contributed by atoms with Crippen LogP contribution in [0.3, 0.4) is 0 Å². The summed E-state index contributed by atoms with van der Waals surface area (Å²) < 4.78 is 0. The molecule has 1 saturated heterocycles. The maximum atomic E-state index is 12.7. The average molecular weight is 594 g/mol. The zero-order valence-corrected chi connectivity index (χ0v) is 26.3. The molecule has 2 aromatic carbocycles. The standard InChI is InChI=1S/C33H44ClN5OS/c1-4-38(5-2)19-9-10-25(3)35-32(40)29-15-13-28(14-16-29)24-41-33-36-30(34)23-31(37-33)39-20-17-27(18-21-39)22-26-11-7-6-8-12-26/h6-8,11-16,23,25,27H,4-5,9-10,17-22,24H2,1-3H3,(H,35,40). The minimum Gasteiger partial charge on any atom is -0.356 e. The van der Waals surface area contributed by atoms with Crippen LogP contribution in [0, 0.1) is 5.92 Å². The van der Waals surface area contributed by atoms with Crippen LogP contribution >= 0.6 is 23.4 Å². The molecule has 0 spiro atoms. The van der Waals surface area contributed by atoms with Crippen LogP contribution < -0.4 is 10.2 Å². The van der Waals surface area contributed by atoms with E-state index in [0.29, 0.717) is 27.5 Å². The van der Waals surface area contributed by atoms with E-state index in [1.54, 1.807) is 11.8 Å². The van der Waals surface area contributed by atoms with Gasteiger partial charge in [0.25, 0.3) is 5.91 Å². The summed E-state index contributed by atoms with van der Waals surface area (Å²) >= 11 is 7.98. The van der Waals surface area contributed by atoms with Crippen molar-refractivity contribution in [2.45, 2.75) is 69.8 Å². The van der Waals surface area contributed by atoms with Gasteiger partial charge in [-0.25, -0.2) is 9.97 Å². The number of benzene rings is 2. The van der Waals surface area contributed by atoms with Gasteiger partial charge in [-0.1, -0.05) is 79.7 Å². The monoisotopic (exact) mass is 593 g/mol. The summed E-state index contributed by atoms with van der Waals surface area (Å²) in [6.45, 7) is 11.6. The first-order valence-electron chi connectivity index (χ1n) is 15.0. The van der Waals surface area contributed by atoms with E-state index >= 15 is 0 Å². The van der Waals surface area contributed by atoms with E-state index < -0.39 is 0 Å². The van der Waals surface area contributed by atoms with Crippen molar-refractivity contribution < 1.29 is 4.79 Å². The highest BCUT2D eigenvalue weighted by molar-refractivity contribution is 7.98. The van der Waals surface area contributed by atoms with Crippen LogP contribution in [-0.4, -0.2) is 59.5 Å². The van der Waals surface area contributed by atoms with Crippen molar-refractivity contribution in [2.75, 3.05) is 37.6 Å². The van der Waals surface area contributed by atoms with Crippen molar-refractivity contribution in [1.29, 1.82) is 0 Å². The number of aromatic nitrogens is 2. The first kappa shape index (κ1) is 31.3. The van der Waals surface area contributed by atoms with Crippen LogP contribution in [0.2, 0.25) is 5.15 Å². The van der Waals surface area contributed by atoms with Gasteiger partial charge in [-0.05, 0) is 87.8 Å². The Bertz CT molecular complexity index is 1210. The summed E-state index contributed by atoms with van der Waals surface area (Å²) in [5.74, 6) is 2.30. The van der Waals surface area contributed by atoms with E-state index in [2.05, 4.69) is 71.2 Å². The summed E-state index contributed by atoms with van der Waals surface area (Å²) in [6, 6.07) is 20.6. The van der Waals surface area contributed by atoms with Crippen LogP contribution in [-0.2, 0) is 12.2 Å². The van der Waals surface area contributed by atoms with Gasteiger partial charge in [0, 0.05) is 36.5 Å². The molecule has 1 aliphatic rings. The number of anilines is 1. The molecule has 1 N–H and O–H groups in total. The average Bonchev–Trinajstić information content (AvgIpc) is 2.99. The van der Waals surface area contributed by atoms with E-state index in [1.165, 1.54) is 5.56 Å². The van der Waals surface area contributed by atoms with Gasteiger partial charge in [0.15, 0.2) is 5.16 Å². The molecule has 0 radical (unpaired) electrons. The van der Waals surface area contributed by atoms with Gasteiger partial charge in [-0.15, -0.1) is 0 Å². The lowest BCUT2D eigenvalue weighted by atomic mass is 9.90. The first-order valence-corrected chi connectivity index (χ1v) is 16.4. The number of thioether (sulfide) groups is 1. The van der Waals surface area contributed by atoms with Crippen molar-refractivity contribution in [1.82, 2.24) is 20.2 Å². The second kappa shape index (κ2) is 16.1. The summed E-state index contributed by atoms with van der Waals surface area (Å²) in [7, 11) is 0. The van der Waals surface area contributed by atoms with Crippen LogP contribution in [0.1, 0.15) is 67.9 Å². The Morgan fingerprint density at radius 3 is 2.44 bits per heavy atom. The normalized spacial score (nSPS) is 14.8. The Labute approximate surface area is 255 Å². The van der Waals surface area contributed by atoms with E-state index in [9.17, 15) is 4.79 Å². The Hall–Kier alpha value is -2.61. The molecule has 0 saturated carbocycles. The predicted octanol–water partition coefficient (Wildman–Crippen LogP) is 7.12. The fourth-order valence-corrected chi connectivity index (χ4v) is 6.40. The molecule has 1 aliphatic heterocycles. The van der Waals surface area contributed by atoms with Gasteiger partial charge < -0.3 is 15.1 Å². The van der Waals surface area contributed by atoms with E-state index in [4.69, 9.17) is 16.6 Å². The molecule has 6 nitrogen and oxygen atoms in total. The van der Waals surface area contributed by atoms with Gasteiger partial charge in [0.2, 0.25) is 0 Å². The number of nitrogens with one attached hydrogen (secondary N) is 1. The maximum Gasteiger partial charge on any atom is 0.251 e. The van der Waals surface area contributed by atoms with Gasteiger partial charge in [0.1, 0.15) is 11.0 Å². The van der Waals surface area contributed by atoms with Crippen LogP contribution in [0.5, 0.6) is 0 Å². The minimum absolute atomic E-state index is 0.0186. The molecule has 3 aromatic rings. The molecule has 2 heterocycles. The van der Waals surface area contributed by atoms with Crippen molar-refractivity contribution in [2.24, 2.45) is 5.92 Å². The second-order valence-electron chi connectivity index (χ2n) is 11.0. The highest BCUT2D eigenvalue weighted by Gasteiger charge is 2.21. The smallest absolute Gasteiger partial charge is 0.251 e. The fraction of sp³-hybridized carbons (Fsp3) is 0.485. The fourth-order valence-electron chi connectivity index (χ4n) is 5.37. The lowest BCUT2D eigenvalue weighted by Crippen LogP contribution is -2.35. The van der Waals surface area contributed by atoms with Crippen LogP contribution in [0.15, 0.2) is 65.8 Å². The van der Waals surface area contributed by atoms with Crippen LogP contribution in [0.25, 0.3) is 0 Å². The summed E-state index contributed by atoms with van der Waals surface area (Å²) in [5, 5.41) is 4.29. The molecular weight excluding hydrogens is 550 g/mol. The zero-order chi connectivity index (χ0) is 29.0. The molecule has 1 amide bonds. The first-order chi connectivity index (χ1) is 19.9. The predicted molar refractivity (Wildman–Crippen MR) is 172 cm³/mol. The van der Waals surface area contributed by atoms with E-state index in [0.717, 1.165) is 76.2 Å². The van der Waals surface area contributed by atoms with Crippen molar-refractivity contribution >= 4 is 35.1 Å². The zero-order valence-electron chi connectivity index (χ0n) is 24.7. The minimum atomic E-state index is -0.0186. The lowest BCUT2D eigenvalue weighted by molar-refractivity contribution is 0.0937. The van der Waals surface area contributed by atoms with Crippen molar-refractivity contribution in [3.05, 3.63) is 82.5 Å². The summed E-state index contributed by atoms with van der Waals surface area (Å²) in [5.41, 5.74) is 3.22. The van der Waals surface area contributed by atoms with E-state index in [1.807, 2.05) is 30.3 Å². The molecule has 1 atom stereocenters. The van der Waals surface area contributed by atoms with Gasteiger partial charge in [-0.2, -0.15) is 0 Å². The number of hydrogen-bond donors (Lipinski definition) is 1. The number of carbonyl (C=O) groups is 1. The third-order valence-corrected chi connectivity index (χ3v) is 9.05. The molecular formula is C33H44ClN5OS. The molecule has 41 heavy (non-hydrogen) atoms.